The lowest BCUT2D eigenvalue weighted by Crippen LogP contribution is -2.41. The summed E-state index contributed by atoms with van der Waals surface area (Å²) in [7, 11) is 0. The van der Waals surface area contributed by atoms with Gasteiger partial charge in [0.05, 0.1) is 0 Å². The van der Waals surface area contributed by atoms with Gasteiger partial charge in [-0.3, -0.25) is 9.59 Å². The van der Waals surface area contributed by atoms with E-state index in [0.717, 1.165) is 12.0 Å². The molecule has 4 N–H and O–H groups in total. The van der Waals surface area contributed by atoms with Crippen molar-refractivity contribution in [2.24, 2.45) is 11.7 Å². The number of rotatable bonds is 7. The average molecular weight is 318 g/mol. The number of pyridine rings is 1. The van der Waals surface area contributed by atoms with E-state index in [1.54, 1.807) is 13.8 Å². The van der Waals surface area contributed by atoms with Crippen LogP contribution in [0.3, 0.4) is 0 Å². The van der Waals surface area contributed by atoms with Gasteiger partial charge in [-0.05, 0) is 43.7 Å². The monoisotopic (exact) mass is 318 g/mol. The van der Waals surface area contributed by atoms with Crippen LogP contribution in [0, 0.1) is 31.1 Å². The molecule has 1 aromatic rings. The zero-order chi connectivity index (χ0) is 17.6. The number of nitrogens with one attached hydrogen (secondary N) is 2. The topological polar surface area (TPSA) is 112 Å². The maximum absolute atomic E-state index is 12.1. The largest absolute Gasteiger partial charge is 0.352 e. The Hall–Kier alpha value is -2.13. The van der Waals surface area contributed by atoms with E-state index in [1.807, 2.05) is 6.07 Å². The lowest BCUT2D eigenvalue weighted by molar-refractivity contribution is -0.121. The summed E-state index contributed by atoms with van der Waals surface area (Å²) in [4.78, 5) is 26.5. The van der Waals surface area contributed by atoms with Crippen molar-refractivity contribution in [2.75, 3.05) is 6.54 Å². The van der Waals surface area contributed by atoms with Crippen LogP contribution >= 0.6 is 0 Å². The van der Waals surface area contributed by atoms with Gasteiger partial charge in [0, 0.05) is 24.7 Å². The Bertz CT molecular complexity index is 656. The molecule has 0 aliphatic carbocycles. The van der Waals surface area contributed by atoms with E-state index >= 15 is 0 Å². The molecule has 6 heteroatoms. The van der Waals surface area contributed by atoms with Gasteiger partial charge in [-0.1, -0.05) is 13.8 Å². The number of nitrogens with zero attached hydrogens (tertiary/aromatic N) is 1. The molecule has 0 saturated heterocycles. The Morgan fingerprint density at radius 3 is 2.57 bits per heavy atom. The van der Waals surface area contributed by atoms with Gasteiger partial charge in [0.15, 0.2) is 0 Å². The molecular weight excluding hydrogens is 292 g/mol. The first-order valence-corrected chi connectivity index (χ1v) is 7.92. The molecule has 0 saturated carbocycles. The van der Waals surface area contributed by atoms with Crippen LogP contribution in [0.4, 0.5) is 0 Å². The Labute approximate surface area is 137 Å². The zero-order valence-electron chi connectivity index (χ0n) is 14.3. The third kappa shape index (κ3) is 5.22. The molecule has 1 amide bonds. The Balaban J connectivity index is 2.77. The lowest BCUT2D eigenvalue weighted by Gasteiger charge is -2.19. The van der Waals surface area contributed by atoms with E-state index in [2.05, 4.69) is 24.1 Å². The number of hydrogen-bond acceptors (Lipinski definition) is 4. The van der Waals surface area contributed by atoms with Crippen molar-refractivity contribution in [3.05, 3.63) is 32.7 Å². The van der Waals surface area contributed by atoms with Crippen molar-refractivity contribution in [1.29, 1.82) is 5.26 Å². The molecule has 0 spiro atoms. The maximum atomic E-state index is 12.1. The van der Waals surface area contributed by atoms with Crippen molar-refractivity contribution >= 4 is 5.91 Å². The number of carbonyl (C=O) groups excluding carboxylic acids is 1. The summed E-state index contributed by atoms with van der Waals surface area (Å²) in [6.45, 7) is 8.12. The average Bonchev–Trinajstić information content (AvgIpc) is 2.45. The number of carbonyl (C=O) groups is 1. The van der Waals surface area contributed by atoms with Gasteiger partial charge in [-0.25, -0.2) is 0 Å². The van der Waals surface area contributed by atoms with Crippen LogP contribution in [-0.4, -0.2) is 23.5 Å². The molecular formula is C17H26N4O2. The van der Waals surface area contributed by atoms with Gasteiger partial charge in [-0.2, -0.15) is 5.26 Å². The van der Waals surface area contributed by atoms with Crippen molar-refractivity contribution in [2.45, 2.75) is 53.0 Å². The van der Waals surface area contributed by atoms with E-state index in [4.69, 9.17) is 11.0 Å². The summed E-state index contributed by atoms with van der Waals surface area (Å²) in [6.07, 6.45) is 1.62. The fourth-order valence-corrected chi connectivity index (χ4v) is 2.74. The second kappa shape index (κ2) is 8.49. The second-order valence-electron chi connectivity index (χ2n) is 6.30. The highest BCUT2D eigenvalue weighted by atomic mass is 16.1. The lowest BCUT2D eigenvalue weighted by atomic mass is 9.98. The predicted octanol–water partition coefficient (Wildman–Crippen LogP) is 1.29. The van der Waals surface area contributed by atoms with Crippen molar-refractivity contribution < 1.29 is 4.79 Å². The molecule has 126 valence electrons. The summed E-state index contributed by atoms with van der Waals surface area (Å²) >= 11 is 0. The summed E-state index contributed by atoms with van der Waals surface area (Å²) in [5, 5.41) is 12.0. The van der Waals surface area contributed by atoms with Crippen LogP contribution < -0.4 is 16.6 Å². The summed E-state index contributed by atoms with van der Waals surface area (Å²) in [5.74, 6) is 0.398. The summed E-state index contributed by atoms with van der Waals surface area (Å²) in [6, 6.07) is 1.90. The van der Waals surface area contributed by atoms with E-state index in [0.29, 0.717) is 36.6 Å². The molecule has 1 heterocycles. The number of aryl methyl sites for hydroxylation is 1. The minimum atomic E-state index is -0.379. The first-order valence-electron chi connectivity index (χ1n) is 7.92. The highest BCUT2D eigenvalue weighted by molar-refractivity contribution is 5.76. The molecule has 1 unspecified atom stereocenters. The SMILES string of the molecule is Cc1[nH]c(=O)c(C#N)c(C)c1CCC(=O)NC(CN)CC(C)C. The van der Waals surface area contributed by atoms with Crippen LogP contribution in [-0.2, 0) is 11.2 Å². The van der Waals surface area contributed by atoms with Crippen LogP contribution in [0.25, 0.3) is 0 Å². The Kier molecular flexibility index (Phi) is 6.98. The number of aromatic nitrogens is 1. The molecule has 0 aromatic carbocycles. The number of hydrogen-bond donors (Lipinski definition) is 3. The third-order valence-electron chi connectivity index (χ3n) is 3.93. The van der Waals surface area contributed by atoms with E-state index < -0.39 is 0 Å². The van der Waals surface area contributed by atoms with Gasteiger partial charge in [0.25, 0.3) is 5.56 Å². The predicted molar refractivity (Wildman–Crippen MR) is 90.0 cm³/mol. The van der Waals surface area contributed by atoms with Crippen LogP contribution in [0.2, 0.25) is 0 Å². The number of H-pyrrole nitrogens is 1. The quantitative estimate of drug-likeness (QED) is 0.703. The van der Waals surface area contributed by atoms with Crippen molar-refractivity contribution in [3.8, 4) is 6.07 Å². The molecule has 1 rings (SSSR count). The number of aromatic amines is 1. The highest BCUT2D eigenvalue weighted by Gasteiger charge is 2.15. The number of amides is 1. The number of nitriles is 1. The fourth-order valence-electron chi connectivity index (χ4n) is 2.74. The van der Waals surface area contributed by atoms with Crippen LogP contribution in [0.5, 0.6) is 0 Å². The minimum absolute atomic E-state index is 0.0186. The van der Waals surface area contributed by atoms with Gasteiger partial charge < -0.3 is 16.0 Å². The van der Waals surface area contributed by atoms with E-state index in [-0.39, 0.29) is 23.1 Å². The third-order valence-corrected chi connectivity index (χ3v) is 3.93. The van der Waals surface area contributed by atoms with Crippen molar-refractivity contribution in [3.63, 3.8) is 0 Å². The molecule has 0 aliphatic rings. The van der Waals surface area contributed by atoms with E-state index in [9.17, 15) is 9.59 Å². The standard InChI is InChI=1S/C17H26N4O2/c1-10(2)7-13(8-18)21-16(22)6-5-14-11(3)15(9-19)17(23)20-12(14)4/h10,13H,5-8,18H2,1-4H3,(H,20,23)(H,21,22). The Morgan fingerprint density at radius 1 is 1.39 bits per heavy atom. The van der Waals surface area contributed by atoms with Crippen LogP contribution in [0.1, 0.15) is 49.1 Å². The fraction of sp³-hybridized carbons (Fsp3) is 0.588. The second-order valence-corrected chi connectivity index (χ2v) is 6.30. The number of nitrogens with two attached hydrogens (primary N) is 1. The molecule has 0 aliphatic heterocycles. The van der Waals surface area contributed by atoms with Crippen LogP contribution in [0.15, 0.2) is 4.79 Å². The smallest absolute Gasteiger partial charge is 0.266 e. The minimum Gasteiger partial charge on any atom is -0.352 e. The normalized spacial score (nSPS) is 12.0. The summed E-state index contributed by atoms with van der Waals surface area (Å²) < 4.78 is 0. The molecule has 1 aromatic heterocycles. The molecule has 0 radical (unpaired) electrons. The van der Waals surface area contributed by atoms with Crippen molar-refractivity contribution in [1.82, 2.24) is 10.3 Å². The first-order chi connectivity index (χ1) is 10.8. The highest BCUT2D eigenvalue weighted by Crippen LogP contribution is 2.15. The van der Waals surface area contributed by atoms with Gasteiger partial charge >= 0.3 is 0 Å². The molecule has 6 nitrogen and oxygen atoms in total. The van der Waals surface area contributed by atoms with Gasteiger partial charge in [0.2, 0.25) is 5.91 Å². The van der Waals surface area contributed by atoms with E-state index in [1.165, 1.54) is 0 Å². The Morgan fingerprint density at radius 2 is 2.04 bits per heavy atom. The maximum Gasteiger partial charge on any atom is 0.266 e. The molecule has 0 bridgehead atoms. The molecule has 0 fully saturated rings. The summed E-state index contributed by atoms with van der Waals surface area (Å²) in [5.41, 5.74) is 7.64. The molecule has 1 atom stereocenters. The van der Waals surface area contributed by atoms with Gasteiger partial charge in [0.1, 0.15) is 11.6 Å². The molecule has 23 heavy (non-hydrogen) atoms. The first kappa shape index (κ1) is 18.9. The zero-order valence-corrected chi connectivity index (χ0v) is 14.3. The van der Waals surface area contributed by atoms with Gasteiger partial charge in [-0.15, -0.1) is 0 Å².